The maximum atomic E-state index is 13.5. The predicted octanol–water partition coefficient (Wildman–Crippen LogP) is 4.54. The number of carbonyl (C=O) groups excluding carboxylic acids is 1. The van der Waals surface area contributed by atoms with Gasteiger partial charge in [0, 0.05) is 17.2 Å². The van der Waals surface area contributed by atoms with Gasteiger partial charge in [-0.25, -0.2) is 4.98 Å². The highest BCUT2D eigenvalue weighted by atomic mass is 16.5. The van der Waals surface area contributed by atoms with E-state index >= 15 is 0 Å². The lowest BCUT2D eigenvalue weighted by atomic mass is 10.00. The second-order valence-corrected chi connectivity index (χ2v) is 8.01. The van der Waals surface area contributed by atoms with Crippen molar-refractivity contribution in [3.8, 4) is 11.3 Å². The van der Waals surface area contributed by atoms with Gasteiger partial charge in [0.05, 0.1) is 23.6 Å². The van der Waals surface area contributed by atoms with Crippen LogP contribution in [0.3, 0.4) is 0 Å². The van der Waals surface area contributed by atoms with Crippen LogP contribution >= 0.6 is 0 Å². The Morgan fingerprint density at radius 1 is 1.16 bits per heavy atom. The zero-order chi connectivity index (χ0) is 21.4. The molecular weight excluding hydrogens is 390 g/mol. The van der Waals surface area contributed by atoms with E-state index in [2.05, 4.69) is 15.5 Å². The fourth-order valence-corrected chi connectivity index (χ4v) is 3.97. The van der Waals surface area contributed by atoms with E-state index in [1.54, 1.807) is 0 Å². The lowest BCUT2D eigenvalue weighted by Crippen LogP contribution is -2.31. The van der Waals surface area contributed by atoms with Crippen molar-refractivity contribution in [1.82, 2.24) is 15.5 Å². The van der Waals surface area contributed by atoms with Gasteiger partial charge in [0.15, 0.2) is 0 Å². The summed E-state index contributed by atoms with van der Waals surface area (Å²) < 4.78 is 5.56. The summed E-state index contributed by atoms with van der Waals surface area (Å²) in [4.78, 5) is 18.1. The van der Waals surface area contributed by atoms with Crippen LogP contribution in [0.5, 0.6) is 0 Å². The third-order valence-electron chi connectivity index (χ3n) is 5.81. The number of aliphatic hydroxyl groups is 1. The summed E-state index contributed by atoms with van der Waals surface area (Å²) in [5.74, 6) is 0.0724. The Hall–Kier alpha value is -3.51. The van der Waals surface area contributed by atoms with Crippen LogP contribution in [0.2, 0.25) is 0 Å². The number of hydrogen-bond acceptors (Lipinski definition) is 5. The number of amides is 1. The third kappa shape index (κ3) is 3.70. The Morgan fingerprint density at radius 2 is 1.90 bits per heavy atom. The Labute approximate surface area is 179 Å². The zero-order valence-electron chi connectivity index (χ0n) is 17.2. The number of pyridine rings is 1. The van der Waals surface area contributed by atoms with Crippen LogP contribution in [0.25, 0.3) is 22.4 Å². The molecule has 2 aromatic carbocycles. The van der Waals surface area contributed by atoms with E-state index in [0.29, 0.717) is 28.3 Å². The molecule has 2 aromatic heterocycles. The van der Waals surface area contributed by atoms with E-state index < -0.39 is 6.04 Å². The molecule has 0 bridgehead atoms. The highest BCUT2D eigenvalue weighted by Gasteiger charge is 2.30. The van der Waals surface area contributed by atoms with Gasteiger partial charge in [-0.3, -0.25) is 4.79 Å². The van der Waals surface area contributed by atoms with Gasteiger partial charge in [-0.1, -0.05) is 59.8 Å². The molecule has 31 heavy (non-hydrogen) atoms. The van der Waals surface area contributed by atoms with Crippen molar-refractivity contribution < 1.29 is 14.4 Å². The molecular formula is C25H23N3O3. The van der Waals surface area contributed by atoms with E-state index in [-0.39, 0.29) is 12.5 Å². The number of benzene rings is 2. The summed E-state index contributed by atoms with van der Waals surface area (Å²) in [7, 11) is 0. The molecule has 1 atom stereocenters. The van der Waals surface area contributed by atoms with Crippen LogP contribution in [0.15, 0.2) is 65.2 Å². The van der Waals surface area contributed by atoms with Crippen molar-refractivity contribution in [3.63, 3.8) is 0 Å². The molecule has 0 saturated heterocycles. The molecule has 6 nitrogen and oxygen atoms in total. The van der Waals surface area contributed by atoms with Crippen LogP contribution in [0, 0.1) is 6.92 Å². The van der Waals surface area contributed by atoms with Crippen molar-refractivity contribution >= 4 is 17.0 Å². The summed E-state index contributed by atoms with van der Waals surface area (Å²) in [6.45, 7) is 1.77. The topological polar surface area (TPSA) is 88.2 Å². The van der Waals surface area contributed by atoms with E-state index in [1.807, 2.05) is 67.6 Å². The number of carbonyl (C=O) groups is 1. The van der Waals surface area contributed by atoms with Gasteiger partial charge in [-0.05, 0) is 37.0 Å². The molecule has 1 fully saturated rings. The van der Waals surface area contributed by atoms with E-state index in [0.717, 1.165) is 35.2 Å². The molecule has 1 amide bonds. The maximum absolute atomic E-state index is 13.5. The Morgan fingerprint density at radius 3 is 2.61 bits per heavy atom. The first kappa shape index (κ1) is 19.5. The van der Waals surface area contributed by atoms with Crippen LogP contribution < -0.4 is 5.32 Å². The highest BCUT2D eigenvalue weighted by Crippen LogP contribution is 2.41. The quantitative estimate of drug-likeness (QED) is 0.485. The van der Waals surface area contributed by atoms with Gasteiger partial charge in [-0.2, -0.15) is 0 Å². The normalized spacial score (nSPS) is 14.5. The monoisotopic (exact) mass is 413 g/mol. The molecule has 4 aromatic rings. The molecule has 2 heterocycles. The second-order valence-electron chi connectivity index (χ2n) is 8.01. The summed E-state index contributed by atoms with van der Waals surface area (Å²) in [5, 5.41) is 17.8. The highest BCUT2D eigenvalue weighted by molar-refractivity contribution is 6.09. The Kier molecular flexibility index (Phi) is 5.00. The number of aromatic nitrogens is 2. The van der Waals surface area contributed by atoms with E-state index in [4.69, 9.17) is 4.52 Å². The smallest absolute Gasteiger partial charge is 0.259 e. The van der Waals surface area contributed by atoms with Gasteiger partial charge >= 0.3 is 0 Å². The number of nitrogens with zero attached hydrogens (tertiary/aromatic N) is 2. The minimum absolute atomic E-state index is 0.199. The minimum atomic E-state index is -0.513. The number of hydrogen-bond donors (Lipinski definition) is 2. The molecule has 5 rings (SSSR count). The Bertz CT molecular complexity index is 1250. The zero-order valence-corrected chi connectivity index (χ0v) is 17.2. The molecule has 1 saturated carbocycles. The fraction of sp³-hybridized carbons (Fsp3) is 0.240. The first-order valence-corrected chi connectivity index (χ1v) is 10.5. The lowest BCUT2D eigenvalue weighted by molar-refractivity contribution is 0.0917. The number of fused-ring (bicyclic) bond motifs is 1. The summed E-state index contributed by atoms with van der Waals surface area (Å²) in [6, 6.07) is 18.7. The summed E-state index contributed by atoms with van der Waals surface area (Å²) >= 11 is 0. The second kappa shape index (κ2) is 7.96. The minimum Gasteiger partial charge on any atom is -0.394 e. The van der Waals surface area contributed by atoms with Gasteiger partial charge < -0.3 is 14.9 Å². The summed E-state index contributed by atoms with van der Waals surface area (Å²) in [5.41, 5.74) is 5.03. The average molecular weight is 413 g/mol. The van der Waals surface area contributed by atoms with Crippen LogP contribution in [0.1, 0.15) is 52.0 Å². The van der Waals surface area contributed by atoms with Crippen molar-refractivity contribution in [3.05, 3.63) is 83.0 Å². The van der Waals surface area contributed by atoms with E-state index in [9.17, 15) is 9.90 Å². The number of nitrogens with one attached hydrogen (secondary N) is 1. The number of aryl methyl sites for hydroxylation is 1. The Balaban J connectivity index is 1.59. The van der Waals surface area contributed by atoms with Gasteiger partial charge in [0.25, 0.3) is 11.6 Å². The first-order valence-electron chi connectivity index (χ1n) is 10.5. The molecule has 1 aliphatic carbocycles. The largest absolute Gasteiger partial charge is 0.394 e. The average Bonchev–Trinajstić information content (AvgIpc) is 3.57. The van der Waals surface area contributed by atoms with Crippen molar-refractivity contribution in [2.24, 2.45) is 0 Å². The van der Waals surface area contributed by atoms with Gasteiger partial charge in [0.1, 0.15) is 5.69 Å². The van der Waals surface area contributed by atoms with Crippen molar-refractivity contribution in [1.29, 1.82) is 0 Å². The molecule has 6 heteroatoms. The maximum Gasteiger partial charge on any atom is 0.259 e. The third-order valence-corrected chi connectivity index (χ3v) is 5.81. The molecule has 0 radical (unpaired) electrons. The van der Waals surface area contributed by atoms with Crippen molar-refractivity contribution in [2.75, 3.05) is 6.61 Å². The molecule has 1 unspecified atom stereocenters. The molecule has 2 N–H and O–H groups in total. The summed E-state index contributed by atoms with van der Waals surface area (Å²) in [6.07, 6.45) is 2.11. The van der Waals surface area contributed by atoms with Crippen LogP contribution in [-0.2, 0) is 0 Å². The molecule has 1 aliphatic rings. The predicted molar refractivity (Wildman–Crippen MR) is 118 cm³/mol. The molecule has 156 valence electrons. The standard InChI is InChI=1S/C25H23N3O3/c1-15-7-5-6-10-18(15)21(14-29)26-24(30)19-13-20(16-11-12-16)27-25-22(19)23(28-31-25)17-8-3-2-4-9-17/h2-10,13,16,21,29H,11-12,14H2,1H3,(H,26,30). The molecule has 0 aliphatic heterocycles. The van der Waals surface area contributed by atoms with Crippen LogP contribution in [-0.4, -0.2) is 27.8 Å². The van der Waals surface area contributed by atoms with Gasteiger partial charge in [0.2, 0.25) is 0 Å². The van der Waals surface area contributed by atoms with Gasteiger partial charge in [-0.15, -0.1) is 0 Å². The number of aliphatic hydroxyl groups excluding tert-OH is 1. The van der Waals surface area contributed by atoms with Crippen LogP contribution in [0.4, 0.5) is 0 Å². The fourth-order valence-electron chi connectivity index (χ4n) is 3.97. The lowest BCUT2D eigenvalue weighted by Gasteiger charge is -2.19. The van der Waals surface area contributed by atoms with Crippen molar-refractivity contribution in [2.45, 2.75) is 31.7 Å². The SMILES string of the molecule is Cc1ccccc1C(CO)NC(=O)c1cc(C2CC2)nc2onc(-c3ccccc3)c12. The number of rotatable bonds is 6. The van der Waals surface area contributed by atoms with E-state index in [1.165, 1.54) is 0 Å². The first-order chi connectivity index (χ1) is 15.2. The molecule has 0 spiro atoms.